The predicted octanol–water partition coefficient (Wildman–Crippen LogP) is 2.77. The van der Waals surface area contributed by atoms with E-state index in [1.54, 1.807) is 12.1 Å². The van der Waals surface area contributed by atoms with Crippen molar-refractivity contribution in [3.05, 3.63) is 54.0 Å². The first kappa shape index (κ1) is 15.6. The summed E-state index contributed by atoms with van der Waals surface area (Å²) in [7, 11) is 0. The molecular formula is C18H21NO4. The number of hydrogen-bond acceptors (Lipinski definition) is 4. The third kappa shape index (κ3) is 3.24. The Balaban J connectivity index is 1.57. The van der Waals surface area contributed by atoms with Gasteiger partial charge in [0, 0.05) is 23.9 Å². The molecule has 1 amide bonds. The number of benzene rings is 1. The Morgan fingerprint density at radius 2 is 2.09 bits per heavy atom. The van der Waals surface area contributed by atoms with Crippen LogP contribution in [0.25, 0.3) is 0 Å². The summed E-state index contributed by atoms with van der Waals surface area (Å²) in [4.78, 5) is 12.5. The molecule has 0 radical (unpaired) electrons. The number of nitrogens with one attached hydrogen (secondary N) is 1. The van der Waals surface area contributed by atoms with E-state index in [0.717, 1.165) is 11.3 Å². The van der Waals surface area contributed by atoms with Crippen LogP contribution >= 0.6 is 0 Å². The molecule has 2 aromatic rings. The average molecular weight is 315 g/mol. The van der Waals surface area contributed by atoms with Crippen LogP contribution in [0.1, 0.15) is 43.6 Å². The Bertz CT molecular complexity index is 667. The summed E-state index contributed by atoms with van der Waals surface area (Å²) >= 11 is 0. The minimum atomic E-state index is -0.737. The van der Waals surface area contributed by atoms with Crippen LogP contribution in [0, 0.1) is 0 Å². The van der Waals surface area contributed by atoms with Gasteiger partial charge >= 0.3 is 0 Å². The zero-order valence-electron chi connectivity index (χ0n) is 13.2. The Morgan fingerprint density at radius 1 is 1.30 bits per heavy atom. The Hall–Kier alpha value is -2.27. The fourth-order valence-electron chi connectivity index (χ4n) is 2.96. The van der Waals surface area contributed by atoms with Crippen LogP contribution in [-0.4, -0.2) is 23.2 Å². The van der Waals surface area contributed by atoms with Crippen molar-refractivity contribution in [1.82, 2.24) is 5.32 Å². The molecule has 1 aromatic heterocycles. The lowest BCUT2D eigenvalue weighted by Crippen LogP contribution is -2.43. The summed E-state index contributed by atoms with van der Waals surface area (Å²) in [5.74, 6) is 1.12. The number of fused-ring (bicyclic) bond motifs is 1. The van der Waals surface area contributed by atoms with E-state index in [-0.39, 0.29) is 17.9 Å². The maximum atomic E-state index is 12.5. The highest BCUT2D eigenvalue weighted by Gasteiger charge is 2.36. The first-order chi connectivity index (χ1) is 11.1. The molecule has 0 spiro atoms. The molecule has 1 aromatic carbocycles. The second-order valence-electron chi connectivity index (χ2n) is 6.04. The van der Waals surface area contributed by atoms with Gasteiger partial charge in [0.2, 0.25) is 0 Å². The zero-order valence-corrected chi connectivity index (χ0v) is 13.2. The molecule has 5 nitrogen and oxygen atoms in total. The fraction of sp³-hybridized carbons (Fsp3) is 0.389. The minimum absolute atomic E-state index is 0.00778. The number of rotatable bonds is 5. The zero-order chi connectivity index (χ0) is 16.4. The Kier molecular flexibility index (Phi) is 4.39. The molecule has 0 aliphatic carbocycles. The summed E-state index contributed by atoms with van der Waals surface area (Å²) in [6, 6.07) is 11.0. The Labute approximate surface area is 135 Å². The van der Waals surface area contributed by atoms with Gasteiger partial charge in [-0.25, -0.2) is 0 Å². The van der Waals surface area contributed by atoms with Gasteiger partial charge in [0.1, 0.15) is 17.6 Å². The number of furan rings is 1. The lowest BCUT2D eigenvalue weighted by Gasteiger charge is -2.20. The Morgan fingerprint density at radius 3 is 2.78 bits per heavy atom. The summed E-state index contributed by atoms with van der Waals surface area (Å²) in [5, 5.41) is 13.0. The number of aliphatic hydroxyl groups excluding tert-OH is 1. The molecule has 1 aliphatic heterocycles. The highest BCUT2D eigenvalue weighted by atomic mass is 16.5. The van der Waals surface area contributed by atoms with Crippen LogP contribution in [0.3, 0.4) is 0 Å². The molecule has 1 aliphatic rings. The van der Waals surface area contributed by atoms with Gasteiger partial charge in [-0.2, -0.15) is 0 Å². The first-order valence-electron chi connectivity index (χ1n) is 7.83. The molecule has 5 heteroatoms. The molecule has 23 heavy (non-hydrogen) atoms. The van der Waals surface area contributed by atoms with E-state index in [2.05, 4.69) is 5.32 Å². The summed E-state index contributed by atoms with van der Waals surface area (Å²) in [6.07, 6.45) is 0.635. The van der Waals surface area contributed by atoms with Gasteiger partial charge in [0.05, 0.1) is 6.26 Å². The second-order valence-corrected chi connectivity index (χ2v) is 6.04. The third-order valence-electron chi connectivity index (χ3n) is 4.21. The van der Waals surface area contributed by atoms with E-state index < -0.39 is 12.2 Å². The van der Waals surface area contributed by atoms with E-state index in [4.69, 9.17) is 9.15 Å². The van der Waals surface area contributed by atoms with Crippen LogP contribution in [0.4, 0.5) is 0 Å². The first-order valence-corrected chi connectivity index (χ1v) is 7.83. The van der Waals surface area contributed by atoms with Gasteiger partial charge in [-0.1, -0.05) is 25.1 Å². The molecule has 4 atom stereocenters. The molecule has 0 saturated heterocycles. The van der Waals surface area contributed by atoms with Crippen molar-refractivity contribution in [3.8, 4) is 5.75 Å². The normalized spacial score (nSPS) is 22.0. The maximum absolute atomic E-state index is 12.5. The van der Waals surface area contributed by atoms with Gasteiger partial charge in [-0.3, -0.25) is 4.79 Å². The van der Waals surface area contributed by atoms with Crippen LogP contribution in [-0.2, 0) is 4.79 Å². The lowest BCUT2D eigenvalue weighted by atomic mass is 9.97. The number of ether oxygens (including phenoxy) is 1. The molecule has 0 saturated carbocycles. The van der Waals surface area contributed by atoms with Gasteiger partial charge < -0.3 is 19.6 Å². The van der Waals surface area contributed by atoms with E-state index in [1.165, 1.54) is 6.26 Å². The predicted molar refractivity (Wildman–Crippen MR) is 85.2 cm³/mol. The number of para-hydroxylation sites is 1. The third-order valence-corrected chi connectivity index (χ3v) is 4.21. The number of carbonyl (C=O) groups is 1. The van der Waals surface area contributed by atoms with Crippen molar-refractivity contribution in [2.75, 3.05) is 0 Å². The van der Waals surface area contributed by atoms with E-state index in [9.17, 15) is 9.90 Å². The standard InChI is InChI=1S/C18H21NO4/c1-11(10-14(20)16-8-5-9-22-16)19-18(21)17-12(2)13-6-3-4-7-15(13)23-17/h3-9,11-12,14,17,20H,10H2,1-2H3,(H,19,21). The number of carbonyl (C=O) groups excluding carboxylic acids is 1. The van der Waals surface area contributed by atoms with Crippen LogP contribution in [0.15, 0.2) is 47.1 Å². The van der Waals surface area contributed by atoms with Crippen molar-refractivity contribution in [1.29, 1.82) is 0 Å². The molecule has 0 fully saturated rings. The smallest absolute Gasteiger partial charge is 0.261 e. The number of aliphatic hydroxyl groups is 1. The van der Waals surface area contributed by atoms with E-state index in [1.807, 2.05) is 38.1 Å². The van der Waals surface area contributed by atoms with Gasteiger partial charge in [0.25, 0.3) is 5.91 Å². The SMILES string of the molecule is CC(CC(O)c1ccco1)NC(=O)C1Oc2ccccc2C1C. The number of hydrogen-bond donors (Lipinski definition) is 2. The minimum Gasteiger partial charge on any atom is -0.480 e. The van der Waals surface area contributed by atoms with Crippen LogP contribution in [0.2, 0.25) is 0 Å². The lowest BCUT2D eigenvalue weighted by molar-refractivity contribution is -0.128. The average Bonchev–Trinajstić information content (AvgIpc) is 3.16. The maximum Gasteiger partial charge on any atom is 0.261 e. The quantitative estimate of drug-likeness (QED) is 0.890. The summed E-state index contributed by atoms with van der Waals surface area (Å²) in [6.45, 7) is 3.84. The van der Waals surface area contributed by atoms with Crippen molar-refractivity contribution < 1.29 is 19.1 Å². The van der Waals surface area contributed by atoms with E-state index in [0.29, 0.717) is 12.2 Å². The van der Waals surface area contributed by atoms with E-state index >= 15 is 0 Å². The van der Waals surface area contributed by atoms with Crippen molar-refractivity contribution in [2.24, 2.45) is 0 Å². The molecule has 122 valence electrons. The molecular weight excluding hydrogens is 294 g/mol. The highest BCUT2D eigenvalue weighted by molar-refractivity contribution is 5.83. The summed E-state index contributed by atoms with van der Waals surface area (Å²) < 4.78 is 10.9. The fourth-order valence-corrected chi connectivity index (χ4v) is 2.96. The molecule has 2 heterocycles. The molecule has 4 unspecified atom stereocenters. The van der Waals surface area contributed by atoms with Crippen molar-refractivity contribution >= 4 is 5.91 Å². The van der Waals surface area contributed by atoms with Crippen LogP contribution in [0.5, 0.6) is 5.75 Å². The monoisotopic (exact) mass is 315 g/mol. The molecule has 0 bridgehead atoms. The van der Waals surface area contributed by atoms with Gasteiger partial charge in [0.15, 0.2) is 6.10 Å². The van der Waals surface area contributed by atoms with Crippen molar-refractivity contribution in [3.63, 3.8) is 0 Å². The topological polar surface area (TPSA) is 71.7 Å². The highest BCUT2D eigenvalue weighted by Crippen LogP contribution is 2.37. The van der Waals surface area contributed by atoms with Crippen molar-refractivity contribution in [2.45, 2.75) is 44.4 Å². The second kappa shape index (κ2) is 6.46. The summed E-state index contributed by atoms with van der Waals surface area (Å²) in [5.41, 5.74) is 1.05. The molecule has 3 rings (SSSR count). The van der Waals surface area contributed by atoms with Gasteiger partial charge in [-0.15, -0.1) is 0 Å². The number of amides is 1. The largest absolute Gasteiger partial charge is 0.480 e. The van der Waals surface area contributed by atoms with Gasteiger partial charge in [-0.05, 0) is 25.1 Å². The van der Waals surface area contributed by atoms with Crippen LogP contribution < -0.4 is 10.1 Å². The molecule has 2 N–H and O–H groups in total.